The highest BCUT2D eigenvalue weighted by Gasteiger charge is 2.12. The largest absolute Gasteiger partial charge is 0.387 e. The SMILES string of the molecule is Cc1cccc(F)c1C(O)CN. The fourth-order valence-corrected chi connectivity index (χ4v) is 1.18. The van der Waals surface area contributed by atoms with Gasteiger partial charge in [-0.05, 0) is 18.6 Å². The van der Waals surface area contributed by atoms with Crippen LogP contribution in [0.25, 0.3) is 0 Å². The molecular weight excluding hydrogens is 157 g/mol. The van der Waals surface area contributed by atoms with Crippen LogP contribution in [-0.2, 0) is 0 Å². The second-order valence-corrected chi connectivity index (χ2v) is 2.72. The lowest BCUT2D eigenvalue weighted by molar-refractivity contribution is 0.181. The molecule has 0 radical (unpaired) electrons. The van der Waals surface area contributed by atoms with Gasteiger partial charge in [0, 0.05) is 12.1 Å². The maximum Gasteiger partial charge on any atom is 0.129 e. The molecule has 0 aliphatic carbocycles. The smallest absolute Gasteiger partial charge is 0.129 e. The van der Waals surface area contributed by atoms with E-state index in [0.717, 1.165) is 5.56 Å². The Bertz CT molecular complexity index is 255. The lowest BCUT2D eigenvalue weighted by atomic mass is 10.0. The van der Waals surface area contributed by atoms with Crippen molar-refractivity contribution in [3.8, 4) is 0 Å². The normalized spacial score (nSPS) is 13.0. The zero-order chi connectivity index (χ0) is 9.14. The molecule has 0 spiro atoms. The van der Waals surface area contributed by atoms with Crippen molar-refractivity contribution in [2.24, 2.45) is 5.73 Å². The number of benzene rings is 1. The molecule has 1 rings (SSSR count). The van der Waals surface area contributed by atoms with Crippen molar-refractivity contribution in [3.05, 3.63) is 35.1 Å². The minimum Gasteiger partial charge on any atom is -0.387 e. The second kappa shape index (κ2) is 3.65. The van der Waals surface area contributed by atoms with Crippen LogP contribution in [0.3, 0.4) is 0 Å². The maximum absolute atomic E-state index is 13.1. The lowest BCUT2D eigenvalue weighted by Crippen LogP contribution is -2.14. The summed E-state index contributed by atoms with van der Waals surface area (Å²) in [5.74, 6) is -0.395. The van der Waals surface area contributed by atoms with E-state index in [1.807, 2.05) is 0 Å². The fourth-order valence-electron chi connectivity index (χ4n) is 1.18. The molecule has 3 heteroatoms. The molecule has 0 aliphatic rings. The Kier molecular flexibility index (Phi) is 2.78. The van der Waals surface area contributed by atoms with Crippen LogP contribution in [0.15, 0.2) is 18.2 Å². The number of aliphatic hydroxyl groups excluding tert-OH is 1. The van der Waals surface area contributed by atoms with Crippen molar-refractivity contribution in [1.29, 1.82) is 0 Å². The molecule has 0 bridgehead atoms. The van der Waals surface area contributed by atoms with Crippen molar-refractivity contribution in [1.82, 2.24) is 0 Å². The summed E-state index contributed by atoms with van der Waals surface area (Å²) in [6, 6.07) is 4.68. The van der Waals surface area contributed by atoms with Crippen molar-refractivity contribution in [2.45, 2.75) is 13.0 Å². The van der Waals surface area contributed by atoms with Gasteiger partial charge in [-0.15, -0.1) is 0 Å². The zero-order valence-electron chi connectivity index (χ0n) is 6.92. The average molecular weight is 169 g/mol. The molecule has 0 aromatic heterocycles. The van der Waals surface area contributed by atoms with Gasteiger partial charge in [0.1, 0.15) is 5.82 Å². The van der Waals surface area contributed by atoms with Crippen LogP contribution in [0, 0.1) is 12.7 Å². The minimum atomic E-state index is -0.897. The topological polar surface area (TPSA) is 46.2 Å². The quantitative estimate of drug-likeness (QED) is 0.697. The Morgan fingerprint density at radius 2 is 2.25 bits per heavy atom. The van der Waals surface area contributed by atoms with E-state index in [2.05, 4.69) is 0 Å². The third-order valence-electron chi connectivity index (χ3n) is 1.83. The van der Waals surface area contributed by atoms with Crippen LogP contribution in [0.2, 0.25) is 0 Å². The summed E-state index contributed by atoms with van der Waals surface area (Å²) in [6.07, 6.45) is -0.897. The molecule has 3 N–H and O–H groups in total. The predicted molar refractivity (Wildman–Crippen MR) is 45.2 cm³/mol. The van der Waals surface area contributed by atoms with E-state index < -0.39 is 11.9 Å². The monoisotopic (exact) mass is 169 g/mol. The van der Waals surface area contributed by atoms with Gasteiger partial charge in [0.05, 0.1) is 6.10 Å². The predicted octanol–water partition coefficient (Wildman–Crippen LogP) is 1.13. The Labute approximate surface area is 70.8 Å². The van der Waals surface area contributed by atoms with Gasteiger partial charge in [-0.2, -0.15) is 0 Å². The standard InChI is InChI=1S/C9H12FNO/c1-6-3-2-4-7(10)9(6)8(12)5-11/h2-4,8,12H,5,11H2,1H3. The Morgan fingerprint density at radius 3 is 2.75 bits per heavy atom. The molecule has 12 heavy (non-hydrogen) atoms. The van der Waals surface area contributed by atoms with Gasteiger partial charge in [-0.25, -0.2) is 4.39 Å². The van der Waals surface area contributed by atoms with Gasteiger partial charge in [-0.1, -0.05) is 12.1 Å². The van der Waals surface area contributed by atoms with Crippen molar-refractivity contribution in [3.63, 3.8) is 0 Å². The number of aliphatic hydroxyl groups is 1. The number of hydrogen-bond acceptors (Lipinski definition) is 2. The number of aryl methyl sites for hydroxylation is 1. The van der Waals surface area contributed by atoms with E-state index in [1.165, 1.54) is 6.07 Å². The summed E-state index contributed by atoms with van der Waals surface area (Å²) in [4.78, 5) is 0. The molecule has 0 aliphatic heterocycles. The highest BCUT2D eigenvalue weighted by molar-refractivity contribution is 5.29. The van der Waals surface area contributed by atoms with E-state index in [4.69, 9.17) is 5.73 Å². The molecule has 66 valence electrons. The van der Waals surface area contributed by atoms with Crippen LogP contribution in [0.5, 0.6) is 0 Å². The van der Waals surface area contributed by atoms with Crippen LogP contribution < -0.4 is 5.73 Å². The number of nitrogens with two attached hydrogens (primary N) is 1. The molecule has 1 aromatic carbocycles. The van der Waals surface area contributed by atoms with Crippen molar-refractivity contribution in [2.75, 3.05) is 6.54 Å². The highest BCUT2D eigenvalue weighted by Crippen LogP contribution is 2.19. The lowest BCUT2D eigenvalue weighted by Gasteiger charge is -2.11. The van der Waals surface area contributed by atoms with E-state index >= 15 is 0 Å². The van der Waals surface area contributed by atoms with Gasteiger partial charge in [0.25, 0.3) is 0 Å². The maximum atomic E-state index is 13.1. The van der Waals surface area contributed by atoms with Crippen LogP contribution in [0.4, 0.5) is 4.39 Å². The fraction of sp³-hybridized carbons (Fsp3) is 0.333. The van der Waals surface area contributed by atoms with E-state index in [-0.39, 0.29) is 6.54 Å². The Balaban J connectivity index is 3.12. The van der Waals surface area contributed by atoms with Crippen LogP contribution >= 0.6 is 0 Å². The molecule has 1 aromatic rings. The third kappa shape index (κ3) is 1.62. The number of hydrogen-bond donors (Lipinski definition) is 2. The highest BCUT2D eigenvalue weighted by atomic mass is 19.1. The average Bonchev–Trinajstić information content (AvgIpc) is 2.03. The molecule has 0 saturated heterocycles. The van der Waals surface area contributed by atoms with Crippen molar-refractivity contribution >= 4 is 0 Å². The first-order valence-corrected chi connectivity index (χ1v) is 3.80. The van der Waals surface area contributed by atoms with E-state index in [9.17, 15) is 9.50 Å². The van der Waals surface area contributed by atoms with Crippen LogP contribution in [-0.4, -0.2) is 11.7 Å². The third-order valence-corrected chi connectivity index (χ3v) is 1.83. The molecular formula is C9H12FNO. The zero-order valence-corrected chi connectivity index (χ0v) is 6.92. The van der Waals surface area contributed by atoms with Gasteiger partial charge in [0.2, 0.25) is 0 Å². The first-order chi connectivity index (χ1) is 5.66. The van der Waals surface area contributed by atoms with E-state index in [0.29, 0.717) is 5.56 Å². The number of halogens is 1. The Hall–Kier alpha value is -0.930. The molecule has 1 unspecified atom stereocenters. The summed E-state index contributed by atoms with van der Waals surface area (Å²) in [5.41, 5.74) is 6.26. The van der Waals surface area contributed by atoms with Gasteiger partial charge >= 0.3 is 0 Å². The summed E-state index contributed by atoms with van der Waals surface area (Å²) >= 11 is 0. The summed E-state index contributed by atoms with van der Waals surface area (Å²) in [6.45, 7) is 1.79. The molecule has 0 amide bonds. The molecule has 1 atom stereocenters. The first-order valence-electron chi connectivity index (χ1n) is 3.80. The Morgan fingerprint density at radius 1 is 1.58 bits per heavy atom. The summed E-state index contributed by atoms with van der Waals surface area (Å²) < 4.78 is 13.1. The second-order valence-electron chi connectivity index (χ2n) is 2.72. The summed E-state index contributed by atoms with van der Waals surface area (Å²) in [5, 5.41) is 9.33. The molecule has 0 heterocycles. The van der Waals surface area contributed by atoms with E-state index in [1.54, 1.807) is 19.1 Å². The molecule has 0 fully saturated rings. The summed E-state index contributed by atoms with van der Waals surface area (Å²) in [7, 11) is 0. The van der Waals surface area contributed by atoms with Crippen LogP contribution in [0.1, 0.15) is 17.2 Å². The first kappa shape index (κ1) is 9.16. The molecule has 0 saturated carbocycles. The molecule has 2 nitrogen and oxygen atoms in total. The van der Waals surface area contributed by atoms with Crippen molar-refractivity contribution < 1.29 is 9.50 Å². The number of rotatable bonds is 2. The van der Waals surface area contributed by atoms with Gasteiger partial charge < -0.3 is 10.8 Å². The van der Waals surface area contributed by atoms with Gasteiger partial charge in [-0.3, -0.25) is 0 Å². The minimum absolute atomic E-state index is 0.0434. The van der Waals surface area contributed by atoms with Gasteiger partial charge in [0.15, 0.2) is 0 Å².